The van der Waals surface area contributed by atoms with Crippen LogP contribution in [0.4, 0.5) is 4.79 Å². The van der Waals surface area contributed by atoms with E-state index in [0.717, 1.165) is 5.56 Å². The predicted molar refractivity (Wildman–Crippen MR) is 77.8 cm³/mol. The lowest BCUT2D eigenvalue weighted by molar-refractivity contribution is -0.122. The van der Waals surface area contributed by atoms with Crippen molar-refractivity contribution in [1.82, 2.24) is 5.32 Å². The third kappa shape index (κ3) is 5.19. The summed E-state index contributed by atoms with van der Waals surface area (Å²) in [4.78, 5) is 23.9. The van der Waals surface area contributed by atoms with Crippen molar-refractivity contribution in [2.24, 2.45) is 5.92 Å². The van der Waals surface area contributed by atoms with Crippen molar-refractivity contribution >= 4 is 11.9 Å². The highest BCUT2D eigenvalue weighted by Gasteiger charge is 2.37. The molecule has 21 heavy (non-hydrogen) atoms. The first kappa shape index (κ1) is 15.5. The monoisotopic (exact) mass is 291 g/mol. The Morgan fingerprint density at radius 1 is 1.33 bits per heavy atom. The molecule has 0 radical (unpaired) electrons. The number of hydrogen-bond acceptors (Lipinski definition) is 4. The average Bonchev–Trinajstić information content (AvgIpc) is 3.29. The smallest absolute Gasteiger partial charge is 0.408 e. The van der Waals surface area contributed by atoms with Crippen LogP contribution in [0.15, 0.2) is 30.3 Å². The van der Waals surface area contributed by atoms with Gasteiger partial charge in [-0.2, -0.15) is 0 Å². The summed E-state index contributed by atoms with van der Waals surface area (Å²) >= 11 is 0. The molecule has 1 saturated heterocycles. The van der Waals surface area contributed by atoms with Crippen LogP contribution in [0.25, 0.3) is 0 Å². The van der Waals surface area contributed by atoms with Crippen LogP contribution in [0.5, 0.6) is 0 Å². The largest absolute Gasteiger partial charge is 0.445 e. The first-order chi connectivity index (χ1) is 10.1. The van der Waals surface area contributed by atoms with Crippen molar-refractivity contribution in [3.63, 3.8) is 0 Å². The van der Waals surface area contributed by atoms with Crippen LogP contribution >= 0.6 is 0 Å². The molecule has 1 aromatic carbocycles. The number of ether oxygens (including phenoxy) is 2. The number of epoxide rings is 1. The van der Waals surface area contributed by atoms with Crippen LogP contribution in [0.1, 0.15) is 25.8 Å². The standard InChI is InChI=1S/C16H21NO4/c1-11(2)8-13(15(18)14-10-20-14)17-16(19)21-9-12-6-4-3-5-7-12/h3-7,11,13-14H,8-10H2,1-2H3,(H,17,19)/t13-,14+/m1/s1. The summed E-state index contributed by atoms with van der Waals surface area (Å²) in [5, 5.41) is 2.65. The number of hydrogen-bond donors (Lipinski definition) is 1. The molecule has 1 fully saturated rings. The average molecular weight is 291 g/mol. The lowest BCUT2D eigenvalue weighted by Gasteiger charge is -2.18. The summed E-state index contributed by atoms with van der Waals surface area (Å²) in [7, 11) is 0. The molecule has 0 aromatic heterocycles. The molecule has 1 aliphatic heterocycles. The minimum atomic E-state index is -0.571. The summed E-state index contributed by atoms with van der Waals surface area (Å²) in [6.07, 6.45) is -0.347. The van der Waals surface area contributed by atoms with Gasteiger partial charge >= 0.3 is 6.09 Å². The van der Waals surface area contributed by atoms with Gasteiger partial charge in [-0.25, -0.2) is 4.79 Å². The van der Waals surface area contributed by atoms with Gasteiger partial charge in [-0.1, -0.05) is 44.2 Å². The number of alkyl carbamates (subject to hydrolysis) is 1. The van der Waals surface area contributed by atoms with E-state index in [-0.39, 0.29) is 18.5 Å². The van der Waals surface area contributed by atoms with Crippen LogP contribution in [0.3, 0.4) is 0 Å². The highest BCUT2D eigenvalue weighted by atomic mass is 16.6. The third-order valence-corrected chi connectivity index (χ3v) is 3.21. The molecule has 0 saturated carbocycles. The molecule has 1 aromatic rings. The minimum Gasteiger partial charge on any atom is -0.445 e. The maximum atomic E-state index is 12.1. The molecular formula is C16H21NO4. The van der Waals surface area contributed by atoms with E-state index < -0.39 is 12.1 Å². The molecule has 1 amide bonds. The first-order valence-corrected chi connectivity index (χ1v) is 7.19. The van der Waals surface area contributed by atoms with Crippen LogP contribution in [-0.2, 0) is 20.9 Å². The van der Waals surface area contributed by atoms with Gasteiger partial charge in [-0.05, 0) is 17.9 Å². The Balaban J connectivity index is 1.83. The second-order valence-electron chi connectivity index (χ2n) is 5.61. The lowest BCUT2D eigenvalue weighted by Crippen LogP contribution is -2.43. The zero-order chi connectivity index (χ0) is 15.2. The fourth-order valence-corrected chi connectivity index (χ4v) is 2.06. The SMILES string of the molecule is CC(C)C[C@@H](NC(=O)OCc1ccccc1)C(=O)[C@@H]1CO1. The molecule has 5 heteroatoms. The van der Waals surface area contributed by atoms with E-state index in [1.165, 1.54) is 0 Å². The molecule has 0 unspecified atom stereocenters. The van der Waals surface area contributed by atoms with E-state index in [4.69, 9.17) is 9.47 Å². The topological polar surface area (TPSA) is 67.9 Å². The van der Waals surface area contributed by atoms with Crippen molar-refractivity contribution in [3.8, 4) is 0 Å². The summed E-state index contributed by atoms with van der Waals surface area (Å²) < 4.78 is 10.1. The van der Waals surface area contributed by atoms with Gasteiger partial charge in [0.2, 0.25) is 0 Å². The Bertz CT molecular complexity index is 482. The third-order valence-electron chi connectivity index (χ3n) is 3.21. The van der Waals surface area contributed by atoms with Gasteiger partial charge in [0, 0.05) is 0 Å². The predicted octanol–water partition coefficient (Wildman–Crippen LogP) is 2.30. The fraction of sp³-hybridized carbons (Fsp3) is 0.500. The van der Waals surface area contributed by atoms with Crippen LogP contribution in [0.2, 0.25) is 0 Å². The van der Waals surface area contributed by atoms with Gasteiger partial charge < -0.3 is 14.8 Å². The molecule has 1 aliphatic rings. The summed E-state index contributed by atoms with van der Waals surface area (Å²) in [6, 6.07) is 8.87. The summed E-state index contributed by atoms with van der Waals surface area (Å²) in [6.45, 7) is 4.65. The highest BCUT2D eigenvalue weighted by molar-refractivity contribution is 5.92. The van der Waals surface area contributed by atoms with E-state index in [2.05, 4.69) is 5.32 Å². The number of amides is 1. The van der Waals surface area contributed by atoms with Gasteiger partial charge in [0.15, 0.2) is 5.78 Å². The zero-order valence-electron chi connectivity index (χ0n) is 12.4. The Morgan fingerprint density at radius 3 is 2.57 bits per heavy atom. The number of Topliss-reactive ketones (excluding diaryl/α,β-unsaturated/α-hetero) is 1. The van der Waals surface area contributed by atoms with Crippen LogP contribution in [-0.4, -0.2) is 30.6 Å². The second-order valence-corrected chi connectivity index (χ2v) is 5.61. The van der Waals surface area contributed by atoms with Crippen molar-refractivity contribution in [3.05, 3.63) is 35.9 Å². The number of rotatable bonds is 7. The van der Waals surface area contributed by atoms with E-state index in [9.17, 15) is 9.59 Å². The Morgan fingerprint density at radius 2 is 2.00 bits per heavy atom. The van der Waals surface area contributed by atoms with Gasteiger partial charge in [0.25, 0.3) is 0 Å². The number of nitrogens with one attached hydrogen (secondary N) is 1. The van der Waals surface area contributed by atoms with E-state index in [0.29, 0.717) is 18.9 Å². The number of carbonyl (C=O) groups excluding carboxylic acids is 2. The van der Waals surface area contributed by atoms with E-state index in [1.807, 2.05) is 44.2 Å². The normalized spacial score (nSPS) is 18.1. The molecule has 1 heterocycles. The van der Waals surface area contributed by atoms with Crippen LogP contribution in [0, 0.1) is 5.92 Å². The van der Waals surface area contributed by atoms with Crippen molar-refractivity contribution in [1.29, 1.82) is 0 Å². The molecule has 2 atom stereocenters. The minimum absolute atomic E-state index is 0.0691. The maximum Gasteiger partial charge on any atom is 0.408 e. The quantitative estimate of drug-likeness (QED) is 0.783. The molecule has 2 rings (SSSR count). The second kappa shape index (κ2) is 7.22. The van der Waals surface area contributed by atoms with Crippen molar-refractivity contribution in [2.45, 2.75) is 39.0 Å². The summed E-state index contributed by atoms with van der Waals surface area (Å²) in [5.41, 5.74) is 0.907. The molecule has 0 spiro atoms. The van der Waals surface area contributed by atoms with E-state index in [1.54, 1.807) is 0 Å². The van der Waals surface area contributed by atoms with Gasteiger partial charge in [0.1, 0.15) is 12.7 Å². The molecule has 114 valence electrons. The van der Waals surface area contributed by atoms with Crippen LogP contribution < -0.4 is 5.32 Å². The highest BCUT2D eigenvalue weighted by Crippen LogP contribution is 2.16. The number of carbonyl (C=O) groups is 2. The Labute approximate surface area is 124 Å². The number of ketones is 1. The number of benzene rings is 1. The van der Waals surface area contributed by atoms with Gasteiger partial charge in [-0.15, -0.1) is 0 Å². The molecule has 0 bridgehead atoms. The molecular weight excluding hydrogens is 270 g/mol. The zero-order valence-corrected chi connectivity index (χ0v) is 12.4. The molecule has 5 nitrogen and oxygen atoms in total. The first-order valence-electron chi connectivity index (χ1n) is 7.19. The fourth-order valence-electron chi connectivity index (χ4n) is 2.06. The molecule has 1 N–H and O–H groups in total. The lowest BCUT2D eigenvalue weighted by atomic mass is 9.99. The van der Waals surface area contributed by atoms with Crippen molar-refractivity contribution in [2.75, 3.05) is 6.61 Å². The summed E-state index contributed by atoms with van der Waals surface area (Å²) in [5.74, 6) is 0.229. The van der Waals surface area contributed by atoms with Crippen molar-refractivity contribution < 1.29 is 19.1 Å². The Hall–Kier alpha value is -1.88. The van der Waals surface area contributed by atoms with Gasteiger partial charge in [-0.3, -0.25) is 4.79 Å². The van der Waals surface area contributed by atoms with E-state index >= 15 is 0 Å². The maximum absolute atomic E-state index is 12.1. The van der Waals surface area contributed by atoms with Gasteiger partial charge in [0.05, 0.1) is 12.6 Å². The Kier molecular flexibility index (Phi) is 5.33. The molecule has 0 aliphatic carbocycles.